The van der Waals surface area contributed by atoms with Crippen molar-refractivity contribution in [3.05, 3.63) is 56.3 Å². The second-order valence-electron chi connectivity index (χ2n) is 4.74. The number of halogens is 3. The highest BCUT2D eigenvalue weighted by molar-refractivity contribution is 6.36. The summed E-state index contributed by atoms with van der Waals surface area (Å²) < 4.78 is 5.59. The van der Waals surface area contributed by atoms with Gasteiger partial charge in [0.05, 0.1) is 16.7 Å². The Bertz CT molecular complexity index is 731. The zero-order valence-corrected chi connectivity index (χ0v) is 13.1. The van der Waals surface area contributed by atoms with E-state index in [2.05, 4.69) is 4.98 Å². The molecule has 3 nitrogen and oxygen atoms in total. The number of Topliss-reactive ketones (excluding diaryl/α,β-unsaturated/α-hetero) is 1. The first-order valence-corrected chi connectivity index (χ1v) is 7.46. The molecule has 0 unspecified atom stereocenters. The normalized spacial score (nSPS) is 12.9. The zero-order chi connectivity index (χ0) is 15.0. The Hall–Kier alpha value is -1.29. The molecule has 1 aliphatic rings. The number of nitrogens with zero attached hydrogens (tertiary/aromatic N) is 1. The fraction of sp³-hybridized carbons (Fsp3) is 0.200. The minimum atomic E-state index is -0.198. The van der Waals surface area contributed by atoms with Gasteiger partial charge in [-0.25, -0.2) is 4.98 Å². The summed E-state index contributed by atoms with van der Waals surface area (Å²) in [6.45, 7) is 0.608. The van der Waals surface area contributed by atoms with Crippen molar-refractivity contribution >= 4 is 40.6 Å². The van der Waals surface area contributed by atoms with Gasteiger partial charge in [-0.15, -0.1) is 0 Å². The number of hydrogen-bond acceptors (Lipinski definition) is 3. The van der Waals surface area contributed by atoms with Gasteiger partial charge in [0.15, 0.2) is 5.78 Å². The third-order valence-corrected chi connectivity index (χ3v) is 3.96. The molecule has 0 aliphatic carbocycles. The van der Waals surface area contributed by atoms with E-state index < -0.39 is 0 Å². The molecule has 0 spiro atoms. The summed E-state index contributed by atoms with van der Waals surface area (Å²) in [7, 11) is 0. The van der Waals surface area contributed by atoms with Crippen molar-refractivity contribution < 1.29 is 9.53 Å². The van der Waals surface area contributed by atoms with Crippen LogP contribution < -0.4 is 4.74 Å². The molecule has 6 heteroatoms. The first-order valence-electron chi connectivity index (χ1n) is 6.33. The Morgan fingerprint density at radius 2 is 2.00 bits per heavy atom. The molecule has 0 radical (unpaired) electrons. The van der Waals surface area contributed by atoms with Crippen molar-refractivity contribution in [2.75, 3.05) is 6.61 Å². The lowest BCUT2D eigenvalue weighted by Gasteiger charge is -2.09. The predicted molar refractivity (Wildman–Crippen MR) is 82.9 cm³/mol. The van der Waals surface area contributed by atoms with E-state index in [0.29, 0.717) is 16.7 Å². The number of rotatable bonds is 3. The maximum atomic E-state index is 12.4. The average molecular weight is 343 g/mol. The van der Waals surface area contributed by atoms with E-state index in [1.165, 1.54) is 12.3 Å². The van der Waals surface area contributed by atoms with E-state index in [9.17, 15) is 4.79 Å². The highest BCUT2D eigenvalue weighted by Gasteiger charge is 2.21. The molecular weight excluding hydrogens is 333 g/mol. The Balaban J connectivity index is 1.92. The summed E-state index contributed by atoms with van der Waals surface area (Å²) in [5.74, 6) is 0.550. The van der Waals surface area contributed by atoms with Gasteiger partial charge in [0.25, 0.3) is 0 Å². The van der Waals surface area contributed by atoms with Crippen molar-refractivity contribution in [2.24, 2.45) is 0 Å². The minimum absolute atomic E-state index is 0.136. The Kier molecular flexibility index (Phi) is 4.07. The van der Waals surface area contributed by atoms with Crippen molar-refractivity contribution in [3.8, 4) is 5.75 Å². The number of carbonyl (C=O) groups is 1. The van der Waals surface area contributed by atoms with Crippen LogP contribution >= 0.6 is 34.8 Å². The van der Waals surface area contributed by atoms with Gasteiger partial charge in [0, 0.05) is 29.6 Å². The molecule has 21 heavy (non-hydrogen) atoms. The minimum Gasteiger partial charge on any atom is -0.493 e. The molecule has 0 N–H and O–H groups in total. The number of ketones is 1. The molecule has 108 valence electrons. The number of carbonyl (C=O) groups excluding carboxylic acids is 1. The average Bonchev–Trinajstić information content (AvgIpc) is 2.86. The Morgan fingerprint density at radius 1 is 1.19 bits per heavy atom. The largest absolute Gasteiger partial charge is 0.493 e. The predicted octanol–water partition coefficient (Wildman–Crippen LogP) is 4.40. The summed E-state index contributed by atoms with van der Waals surface area (Å²) in [5, 5.41) is 1.23. The van der Waals surface area contributed by atoms with Gasteiger partial charge in [-0.05, 0) is 23.8 Å². The third-order valence-electron chi connectivity index (χ3n) is 3.25. The monoisotopic (exact) mass is 341 g/mol. The van der Waals surface area contributed by atoms with Crippen molar-refractivity contribution in [1.82, 2.24) is 4.98 Å². The van der Waals surface area contributed by atoms with Gasteiger partial charge < -0.3 is 4.74 Å². The number of fused-ring (bicyclic) bond motifs is 1. The van der Waals surface area contributed by atoms with Gasteiger partial charge >= 0.3 is 0 Å². The van der Waals surface area contributed by atoms with E-state index in [-0.39, 0.29) is 22.9 Å². The molecule has 1 aromatic heterocycles. The molecule has 3 rings (SSSR count). The second kappa shape index (κ2) is 5.84. The van der Waals surface area contributed by atoms with E-state index in [1.807, 2.05) is 6.07 Å². The van der Waals surface area contributed by atoms with E-state index in [0.717, 1.165) is 23.3 Å². The third kappa shape index (κ3) is 3.00. The van der Waals surface area contributed by atoms with Crippen LogP contribution in [0.25, 0.3) is 0 Å². The van der Waals surface area contributed by atoms with Crippen LogP contribution in [0.5, 0.6) is 5.75 Å². The Labute approximate surface area is 136 Å². The highest BCUT2D eigenvalue weighted by atomic mass is 35.5. The SMILES string of the molecule is O=C(Cc1cc(Cl)cc2c1OCC2)c1ncc(Cl)cc1Cl. The van der Waals surface area contributed by atoms with Crippen molar-refractivity contribution in [3.63, 3.8) is 0 Å². The van der Waals surface area contributed by atoms with Crippen molar-refractivity contribution in [1.29, 1.82) is 0 Å². The molecule has 1 aromatic carbocycles. The van der Waals surface area contributed by atoms with Crippen LogP contribution in [-0.2, 0) is 12.8 Å². The van der Waals surface area contributed by atoms with E-state index in [4.69, 9.17) is 39.5 Å². The van der Waals surface area contributed by atoms with Crippen LogP contribution in [0.1, 0.15) is 21.6 Å². The molecule has 0 bridgehead atoms. The van der Waals surface area contributed by atoms with E-state index in [1.54, 1.807) is 6.07 Å². The number of benzene rings is 1. The fourth-order valence-electron chi connectivity index (χ4n) is 2.35. The molecule has 2 aromatic rings. The van der Waals surface area contributed by atoms with Crippen LogP contribution in [0.4, 0.5) is 0 Å². The first-order chi connectivity index (χ1) is 10.0. The number of ether oxygens (including phenoxy) is 1. The van der Waals surface area contributed by atoms with Gasteiger partial charge in [0.1, 0.15) is 11.4 Å². The number of pyridine rings is 1. The highest BCUT2D eigenvalue weighted by Crippen LogP contribution is 2.34. The molecular formula is C15H10Cl3NO2. The molecule has 0 saturated carbocycles. The molecule has 0 saturated heterocycles. The molecule has 1 aliphatic heterocycles. The molecule has 0 fully saturated rings. The lowest BCUT2D eigenvalue weighted by atomic mass is 10.0. The fourth-order valence-corrected chi connectivity index (χ4v) is 3.10. The number of aromatic nitrogens is 1. The topological polar surface area (TPSA) is 39.2 Å². The second-order valence-corrected chi connectivity index (χ2v) is 6.02. The quantitative estimate of drug-likeness (QED) is 0.776. The first kappa shape index (κ1) is 14.6. The summed E-state index contributed by atoms with van der Waals surface area (Å²) in [6, 6.07) is 5.11. The maximum absolute atomic E-state index is 12.4. The molecule has 2 heterocycles. The summed E-state index contributed by atoms with van der Waals surface area (Å²) in [4.78, 5) is 16.4. The van der Waals surface area contributed by atoms with Crippen LogP contribution in [0.3, 0.4) is 0 Å². The smallest absolute Gasteiger partial charge is 0.187 e. The van der Waals surface area contributed by atoms with E-state index >= 15 is 0 Å². The van der Waals surface area contributed by atoms with Crippen LogP contribution in [0.15, 0.2) is 24.4 Å². The lowest BCUT2D eigenvalue weighted by molar-refractivity contribution is 0.0987. The summed E-state index contributed by atoms with van der Waals surface area (Å²) >= 11 is 17.9. The van der Waals surface area contributed by atoms with Gasteiger partial charge in [-0.1, -0.05) is 34.8 Å². The summed E-state index contributed by atoms with van der Waals surface area (Å²) in [5.41, 5.74) is 1.99. The maximum Gasteiger partial charge on any atom is 0.187 e. The standard InChI is InChI=1S/C15H10Cl3NO2/c16-10-3-8-1-2-21-15(8)9(4-10)5-13(20)14-12(18)6-11(17)7-19-14/h3-4,6-7H,1-2,5H2. The van der Waals surface area contributed by atoms with Gasteiger partial charge in [-0.2, -0.15) is 0 Å². The van der Waals surface area contributed by atoms with Crippen LogP contribution in [0.2, 0.25) is 15.1 Å². The lowest BCUT2D eigenvalue weighted by Crippen LogP contribution is -2.08. The van der Waals surface area contributed by atoms with Gasteiger partial charge in [0.2, 0.25) is 0 Å². The van der Waals surface area contributed by atoms with Crippen molar-refractivity contribution in [2.45, 2.75) is 12.8 Å². The van der Waals surface area contributed by atoms with Crippen LogP contribution in [0, 0.1) is 0 Å². The number of hydrogen-bond donors (Lipinski definition) is 0. The zero-order valence-electron chi connectivity index (χ0n) is 10.8. The van der Waals surface area contributed by atoms with Gasteiger partial charge in [-0.3, -0.25) is 4.79 Å². The summed E-state index contributed by atoms with van der Waals surface area (Å²) in [6.07, 6.45) is 2.34. The molecule has 0 amide bonds. The molecule has 0 atom stereocenters. The van der Waals surface area contributed by atoms with Crippen LogP contribution in [-0.4, -0.2) is 17.4 Å². The Morgan fingerprint density at radius 3 is 2.76 bits per heavy atom.